The Morgan fingerprint density at radius 3 is 2.53 bits per heavy atom. The second kappa shape index (κ2) is 8.71. The second-order valence-electron chi connectivity index (χ2n) is 7.26. The maximum absolute atomic E-state index is 13.3. The van der Waals surface area contributed by atoms with Crippen molar-refractivity contribution in [3.05, 3.63) is 75.7 Å². The molecule has 1 aliphatic carbocycles. The predicted molar refractivity (Wildman–Crippen MR) is 121 cm³/mol. The van der Waals surface area contributed by atoms with Crippen LogP contribution in [0.2, 0.25) is 0 Å². The number of carbonyl (C=O) groups is 2. The summed E-state index contributed by atoms with van der Waals surface area (Å²) < 4.78 is 5.63. The average Bonchev–Trinajstić information content (AvgIpc) is 3.31. The Labute approximate surface area is 180 Å². The van der Waals surface area contributed by atoms with Crippen molar-refractivity contribution in [1.29, 1.82) is 0 Å². The normalized spacial score (nSPS) is 12.3. The number of benzene rings is 2. The lowest BCUT2D eigenvalue weighted by atomic mass is 10.1. The van der Waals surface area contributed by atoms with Gasteiger partial charge in [-0.3, -0.25) is 9.59 Å². The predicted octanol–water partition coefficient (Wildman–Crippen LogP) is 5.45. The van der Waals surface area contributed by atoms with E-state index in [0.717, 1.165) is 30.4 Å². The number of para-hydroxylation sites is 2. The van der Waals surface area contributed by atoms with E-state index < -0.39 is 0 Å². The third kappa shape index (κ3) is 4.09. The highest BCUT2D eigenvalue weighted by atomic mass is 32.1. The highest BCUT2D eigenvalue weighted by Gasteiger charge is 2.28. The molecule has 3 aromatic rings. The van der Waals surface area contributed by atoms with E-state index in [-0.39, 0.29) is 11.8 Å². The molecule has 0 unspecified atom stereocenters. The van der Waals surface area contributed by atoms with E-state index in [9.17, 15) is 9.59 Å². The summed E-state index contributed by atoms with van der Waals surface area (Å²) in [5.74, 6) is 0.199. The van der Waals surface area contributed by atoms with Gasteiger partial charge in [-0.15, -0.1) is 11.3 Å². The minimum Gasteiger partial charge on any atom is -0.492 e. The molecule has 2 amide bonds. The van der Waals surface area contributed by atoms with E-state index in [2.05, 4.69) is 10.6 Å². The zero-order valence-electron chi connectivity index (χ0n) is 17.1. The van der Waals surface area contributed by atoms with Gasteiger partial charge in [-0.25, -0.2) is 0 Å². The van der Waals surface area contributed by atoms with Crippen molar-refractivity contribution >= 4 is 33.8 Å². The molecule has 2 aromatic carbocycles. The molecule has 1 heterocycles. The van der Waals surface area contributed by atoms with Gasteiger partial charge in [-0.1, -0.05) is 29.8 Å². The summed E-state index contributed by atoms with van der Waals surface area (Å²) >= 11 is 1.50. The van der Waals surface area contributed by atoms with Gasteiger partial charge in [0.25, 0.3) is 11.8 Å². The van der Waals surface area contributed by atoms with Gasteiger partial charge in [0, 0.05) is 10.4 Å². The third-order valence-electron chi connectivity index (χ3n) is 5.12. The Balaban J connectivity index is 1.62. The fraction of sp³-hybridized carbons (Fsp3) is 0.250. The SMILES string of the molecule is CCOc1ccccc1NC(=O)c1c(NC(=O)c2ccc(C)cc2)sc2c1CCC2. The van der Waals surface area contributed by atoms with Crippen LogP contribution in [0.4, 0.5) is 10.7 Å². The molecular formula is C24H24N2O3S. The van der Waals surface area contributed by atoms with Crippen LogP contribution in [0.25, 0.3) is 0 Å². The van der Waals surface area contributed by atoms with Crippen molar-refractivity contribution in [2.24, 2.45) is 0 Å². The van der Waals surface area contributed by atoms with Gasteiger partial charge in [-0.05, 0) is 62.9 Å². The van der Waals surface area contributed by atoms with Crippen molar-refractivity contribution in [3.8, 4) is 5.75 Å². The Bertz CT molecular complexity index is 1090. The van der Waals surface area contributed by atoms with Crippen molar-refractivity contribution in [3.63, 3.8) is 0 Å². The molecular weight excluding hydrogens is 396 g/mol. The largest absolute Gasteiger partial charge is 0.492 e. The van der Waals surface area contributed by atoms with E-state index in [1.54, 1.807) is 12.1 Å². The van der Waals surface area contributed by atoms with Crippen LogP contribution >= 0.6 is 11.3 Å². The highest BCUT2D eigenvalue weighted by Crippen LogP contribution is 2.40. The van der Waals surface area contributed by atoms with Crippen LogP contribution in [0.5, 0.6) is 5.75 Å². The molecule has 0 bridgehead atoms. The Morgan fingerprint density at radius 1 is 1.00 bits per heavy atom. The molecule has 0 atom stereocenters. The minimum absolute atomic E-state index is 0.210. The van der Waals surface area contributed by atoms with Gasteiger partial charge in [0.15, 0.2) is 0 Å². The summed E-state index contributed by atoms with van der Waals surface area (Å²) in [4.78, 5) is 27.2. The first kappa shape index (κ1) is 20.2. The molecule has 4 rings (SSSR count). The fourth-order valence-corrected chi connectivity index (χ4v) is 4.93. The number of rotatable bonds is 6. The van der Waals surface area contributed by atoms with Crippen molar-refractivity contribution in [2.45, 2.75) is 33.1 Å². The lowest BCUT2D eigenvalue weighted by molar-refractivity contribution is 0.102. The lowest BCUT2D eigenvalue weighted by Gasteiger charge is -2.13. The molecule has 0 aliphatic heterocycles. The molecule has 154 valence electrons. The molecule has 1 aliphatic rings. The molecule has 2 N–H and O–H groups in total. The van der Waals surface area contributed by atoms with Crippen LogP contribution in [0.3, 0.4) is 0 Å². The van der Waals surface area contributed by atoms with Gasteiger partial charge in [0.05, 0.1) is 17.9 Å². The van der Waals surface area contributed by atoms with E-state index >= 15 is 0 Å². The number of thiophene rings is 1. The molecule has 5 nitrogen and oxygen atoms in total. The van der Waals surface area contributed by atoms with Gasteiger partial charge in [0.1, 0.15) is 10.8 Å². The van der Waals surface area contributed by atoms with Crippen molar-refractivity contribution in [2.75, 3.05) is 17.2 Å². The number of nitrogens with one attached hydrogen (secondary N) is 2. The van der Waals surface area contributed by atoms with E-state index in [1.165, 1.54) is 16.2 Å². The van der Waals surface area contributed by atoms with E-state index in [4.69, 9.17) is 4.74 Å². The summed E-state index contributed by atoms with van der Waals surface area (Å²) in [5, 5.41) is 6.56. The van der Waals surface area contributed by atoms with Crippen LogP contribution in [0.15, 0.2) is 48.5 Å². The number of aryl methyl sites for hydroxylation is 2. The quantitative estimate of drug-likeness (QED) is 0.557. The average molecular weight is 421 g/mol. The highest BCUT2D eigenvalue weighted by molar-refractivity contribution is 7.17. The Hall–Kier alpha value is -3.12. The summed E-state index contributed by atoms with van der Waals surface area (Å²) in [5.41, 5.74) is 3.90. The van der Waals surface area contributed by atoms with Gasteiger partial charge in [-0.2, -0.15) is 0 Å². The Kier molecular flexibility index (Phi) is 5.86. The number of fused-ring (bicyclic) bond motifs is 1. The van der Waals surface area contributed by atoms with Crippen molar-refractivity contribution < 1.29 is 14.3 Å². The summed E-state index contributed by atoms with van der Waals surface area (Å²) in [7, 11) is 0. The standard InChI is InChI=1S/C24H24N2O3S/c1-3-29-19-9-5-4-8-18(19)25-23(28)21-17-7-6-10-20(17)30-24(21)26-22(27)16-13-11-15(2)12-14-16/h4-5,8-9,11-14H,3,6-7,10H2,1-2H3,(H,25,28)(H,26,27). The van der Waals surface area contributed by atoms with Crippen LogP contribution in [-0.4, -0.2) is 18.4 Å². The molecule has 1 aromatic heterocycles. The van der Waals surface area contributed by atoms with E-state index in [0.29, 0.717) is 34.2 Å². The topological polar surface area (TPSA) is 67.4 Å². The molecule has 6 heteroatoms. The summed E-state index contributed by atoms with van der Waals surface area (Å²) in [6, 6.07) is 14.8. The monoisotopic (exact) mass is 420 g/mol. The first-order valence-corrected chi connectivity index (χ1v) is 10.9. The third-order valence-corrected chi connectivity index (χ3v) is 6.33. The molecule has 0 spiro atoms. The number of anilines is 2. The Morgan fingerprint density at radius 2 is 1.77 bits per heavy atom. The van der Waals surface area contributed by atoms with E-state index in [1.807, 2.05) is 50.2 Å². The number of hydrogen-bond acceptors (Lipinski definition) is 4. The summed E-state index contributed by atoms with van der Waals surface area (Å²) in [6.45, 7) is 4.40. The fourth-order valence-electron chi connectivity index (χ4n) is 3.65. The van der Waals surface area contributed by atoms with Crippen LogP contribution in [0, 0.1) is 6.92 Å². The molecule has 0 saturated carbocycles. The first-order chi connectivity index (χ1) is 14.6. The maximum Gasteiger partial charge on any atom is 0.259 e. The van der Waals surface area contributed by atoms with Gasteiger partial charge >= 0.3 is 0 Å². The van der Waals surface area contributed by atoms with Crippen LogP contribution < -0.4 is 15.4 Å². The number of carbonyl (C=O) groups excluding carboxylic acids is 2. The molecule has 30 heavy (non-hydrogen) atoms. The smallest absolute Gasteiger partial charge is 0.259 e. The van der Waals surface area contributed by atoms with Gasteiger partial charge in [0.2, 0.25) is 0 Å². The molecule has 0 saturated heterocycles. The second-order valence-corrected chi connectivity index (χ2v) is 8.37. The minimum atomic E-state index is -0.222. The van der Waals surface area contributed by atoms with Crippen LogP contribution in [-0.2, 0) is 12.8 Å². The zero-order valence-corrected chi connectivity index (χ0v) is 17.9. The van der Waals surface area contributed by atoms with Crippen LogP contribution in [0.1, 0.15) is 50.1 Å². The van der Waals surface area contributed by atoms with Crippen molar-refractivity contribution in [1.82, 2.24) is 0 Å². The molecule has 0 fully saturated rings. The number of hydrogen-bond donors (Lipinski definition) is 2. The maximum atomic E-state index is 13.3. The number of amides is 2. The first-order valence-electron chi connectivity index (χ1n) is 10.1. The molecule has 0 radical (unpaired) electrons. The zero-order chi connectivity index (χ0) is 21.1. The summed E-state index contributed by atoms with van der Waals surface area (Å²) in [6.07, 6.45) is 2.82. The van der Waals surface area contributed by atoms with Gasteiger partial charge < -0.3 is 15.4 Å². The number of ether oxygens (including phenoxy) is 1. The lowest BCUT2D eigenvalue weighted by Crippen LogP contribution is -2.18.